The maximum absolute atomic E-state index is 4.17. The second-order valence-electron chi connectivity index (χ2n) is 4.72. The Hall–Kier alpha value is -1.91. The number of aromatic nitrogens is 2. The van der Waals surface area contributed by atoms with E-state index in [9.17, 15) is 0 Å². The van der Waals surface area contributed by atoms with Gasteiger partial charge in [-0.05, 0) is 28.6 Å². The van der Waals surface area contributed by atoms with Crippen LogP contribution in [0.15, 0.2) is 54.0 Å². The Morgan fingerprint density at radius 1 is 1.10 bits per heavy atom. The van der Waals surface area contributed by atoms with Crippen molar-refractivity contribution in [2.45, 2.75) is 13.1 Å². The highest BCUT2D eigenvalue weighted by Gasteiger charge is 2.03. The highest BCUT2D eigenvalue weighted by Crippen LogP contribution is 2.25. The monoisotopic (exact) mass is 283 g/mol. The van der Waals surface area contributed by atoms with Crippen LogP contribution in [0.3, 0.4) is 0 Å². The third-order valence-electron chi connectivity index (χ3n) is 3.29. The molecule has 3 nitrogen and oxygen atoms in total. The number of hydrogen-bond acceptors (Lipinski definition) is 3. The molecule has 0 saturated carbocycles. The Balaban J connectivity index is 1.59. The van der Waals surface area contributed by atoms with E-state index in [1.54, 1.807) is 11.3 Å². The normalized spacial score (nSPS) is 10.8. The van der Waals surface area contributed by atoms with Gasteiger partial charge in [-0.15, -0.1) is 11.3 Å². The molecule has 0 spiro atoms. The predicted octanol–water partition coefficient (Wildman–Crippen LogP) is 3.44. The minimum absolute atomic E-state index is 0.842. The van der Waals surface area contributed by atoms with Gasteiger partial charge in [-0.3, -0.25) is 4.68 Å². The molecule has 1 N–H and O–H groups in total. The second kappa shape index (κ2) is 6.03. The first-order chi connectivity index (χ1) is 9.83. The number of aryl methyl sites for hydroxylation is 1. The van der Waals surface area contributed by atoms with E-state index >= 15 is 0 Å². The summed E-state index contributed by atoms with van der Waals surface area (Å²) in [5, 5.41) is 9.84. The number of thiophene rings is 1. The number of benzene rings is 1. The van der Waals surface area contributed by atoms with Crippen molar-refractivity contribution < 1.29 is 0 Å². The summed E-state index contributed by atoms with van der Waals surface area (Å²) >= 11 is 1.80. The Bertz CT molecular complexity index is 670. The average Bonchev–Trinajstić information content (AvgIpc) is 3.10. The minimum Gasteiger partial charge on any atom is -0.306 e. The van der Waals surface area contributed by atoms with E-state index in [4.69, 9.17) is 0 Å². The number of nitrogens with zero attached hydrogens (tertiary/aromatic N) is 2. The summed E-state index contributed by atoms with van der Waals surface area (Å²) in [4.78, 5) is 1.35. The molecule has 0 radical (unpaired) electrons. The van der Waals surface area contributed by atoms with E-state index in [1.807, 2.05) is 30.1 Å². The van der Waals surface area contributed by atoms with Gasteiger partial charge in [0, 0.05) is 31.2 Å². The molecule has 102 valence electrons. The summed E-state index contributed by atoms with van der Waals surface area (Å²) in [5.74, 6) is 0. The molecule has 1 aromatic carbocycles. The Morgan fingerprint density at radius 3 is 2.70 bits per heavy atom. The predicted molar refractivity (Wildman–Crippen MR) is 83.5 cm³/mol. The van der Waals surface area contributed by atoms with Crippen LogP contribution in [0, 0.1) is 0 Å². The van der Waals surface area contributed by atoms with Crippen molar-refractivity contribution in [1.82, 2.24) is 15.1 Å². The van der Waals surface area contributed by atoms with E-state index in [0.29, 0.717) is 0 Å². The molecular formula is C16H17N3S. The Morgan fingerprint density at radius 2 is 1.95 bits per heavy atom. The standard InChI is InChI=1S/C16H17N3S/c1-19-15(7-8-18-19)10-17-11-16-9-14(12-20-16)13-5-3-2-4-6-13/h2-9,12,17H,10-11H2,1H3. The van der Waals surface area contributed by atoms with Gasteiger partial charge < -0.3 is 5.32 Å². The maximum Gasteiger partial charge on any atom is 0.0518 e. The lowest BCUT2D eigenvalue weighted by Gasteiger charge is -2.03. The zero-order chi connectivity index (χ0) is 13.8. The van der Waals surface area contributed by atoms with Crippen LogP contribution in [0.5, 0.6) is 0 Å². The molecular weight excluding hydrogens is 266 g/mol. The molecule has 0 bridgehead atoms. The topological polar surface area (TPSA) is 29.9 Å². The van der Waals surface area contributed by atoms with Gasteiger partial charge in [0.2, 0.25) is 0 Å². The zero-order valence-corrected chi connectivity index (χ0v) is 12.2. The molecule has 2 heterocycles. The van der Waals surface area contributed by atoms with Crippen molar-refractivity contribution in [3.8, 4) is 11.1 Å². The van der Waals surface area contributed by atoms with Gasteiger partial charge >= 0.3 is 0 Å². The van der Waals surface area contributed by atoms with Crippen LogP contribution in [0.4, 0.5) is 0 Å². The van der Waals surface area contributed by atoms with Gasteiger partial charge in [-0.2, -0.15) is 5.10 Å². The fourth-order valence-corrected chi connectivity index (χ4v) is 3.01. The largest absolute Gasteiger partial charge is 0.306 e. The molecule has 3 aromatic rings. The highest BCUT2D eigenvalue weighted by atomic mass is 32.1. The van der Waals surface area contributed by atoms with Crippen LogP contribution in [0.2, 0.25) is 0 Å². The van der Waals surface area contributed by atoms with Crippen LogP contribution in [0.25, 0.3) is 11.1 Å². The first-order valence-electron chi connectivity index (χ1n) is 6.63. The first kappa shape index (κ1) is 13.1. The summed E-state index contributed by atoms with van der Waals surface area (Å²) in [6, 6.07) is 14.8. The molecule has 0 aliphatic carbocycles. The van der Waals surface area contributed by atoms with E-state index in [0.717, 1.165) is 13.1 Å². The fraction of sp³-hybridized carbons (Fsp3) is 0.188. The zero-order valence-electron chi connectivity index (χ0n) is 11.4. The van der Waals surface area contributed by atoms with E-state index in [1.165, 1.54) is 21.7 Å². The number of rotatable bonds is 5. The van der Waals surface area contributed by atoms with Gasteiger partial charge in [0.25, 0.3) is 0 Å². The molecule has 0 saturated heterocycles. The lowest BCUT2D eigenvalue weighted by Crippen LogP contribution is -2.14. The molecule has 0 aliphatic heterocycles. The quantitative estimate of drug-likeness (QED) is 0.777. The lowest BCUT2D eigenvalue weighted by molar-refractivity contribution is 0.629. The summed E-state index contributed by atoms with van der Waals surface area (Å²) in [5.41, 5.74) is 3.78. The van der Waals surface area contributed by atoms with Crippen molar-refractivity contribution in [2.75, 3.05) is 0 Å². The second-order valence-corrected chi connectivity index (χ2v) is 5.71. The van der Waals surface area contributed by atoms with Crippen molar-refractivity contribution in [1.29, 1.82) is 0 Å². The van der Waals surface area contributed by atoms with Gasteiger partial charge in [-0.25, -0.2) is 0 Å². The number of nitrogens with one attached hydrogen (secondary N) is 1. The summed E-state index contributed by atoms with van der Waals surface area (Å²) in [7, 11) is 1.97. The van der Waals surface area contributed by atoms with Crippen molar-refractivity contribution >= 4 is 11.3 Å². The lowest BCUT2D eigenvalue weighted by atomic mass is 10.1. The maximum atomic E-state index is 4.17. The van der Waals surface area contributed by atoms with Gasteiger partial charge in [-0.1, -0.05) is 30.3 Å². The van der Waals surface area contributed by atoms with Crippen LogP contribution < -0.4 is 5.32 Å². The molecule has 0 unspecified atom stereocenters. The molecule has 20 heavy (non-hydrogen) atoms. The third kappa shape index (κ3) is 2.98. The molecule has 4 heteroatoms. The first-order valence-corrected chi connectivity index (χ1v) is 7.51. The van der Waals surface area contributed by atoms with Crippen molar-refractivity contribution in [3.05, 3.63) is 64.6 Å². The van der Waals surface area contributed by atoms with Crippen LogP contribution in [0.1, 0.15) is 10.6 Å². The Kier molecular flexibility index (Phi) is 3.95. The van der Waals surface area contributed by atoms with E-state index in [2.05, 4.69) is 46.1 Å². The van der Waals surface area contributed by atoms with E-state index < -0.39 is 0 Å². The summed E-state index contributed by atoms with van der Waals surface area (Å²) in [6.45, 7) is 1.73. The van der Waals surface area contributed by atoms with Crippen molar-refractivity contribution in [2.24, 2.45) is 7.05 Å². The highest BCUT2D eigenvalue weighted by molar-refractivity contribution is 7.10. The minimum atomic E-state index is 0.842. The summed E-state index contributed by atoms with van der Waals surface area (Å²) in [6.07, 6.45) is 1.83. The average molecular weight is 283 g/mol. The Labute approximate surface area is 122 Å². The SMILES string of the molecule is Cn1nccc1CNCc1cc(-c2ccccc2)cs1. The molecule has 0 fully saturated rings. The van der Waals surface area contributed by atoms with Gasteiger partial charge in [0.1, 0.15) is 0 Å². The van der Waals surface area contributed by atoms with Crippen LogP contribution in [-0.2, 0) is 20.1 Å². The smallest absolute Gasteiger partial charge is 0.0518 e. The molecule has 0 amide bonds. The molecule has 2 aromatic heterocycles. The molecule has 0 atom stereocenters. The van der Waals surface area contributed by atoms with E-state index in [-0.39, 0.29) is 0 Å². The van der Waals surface area contributed by atoms with Gasteiger partial charge in [0.05, 0.1) is 5.69 Å². The van der Waals surface area contributed by atoms with Crippen LogP contribution in [-0.4, -0.2) is 9.78 Å². The van der Waals surface area contributed by atoms with Gasteiger partial charge in [0.15, 0.2) is 0 Å². The fourth-order valence-electron chi connectivity index (χ4n) is 2.14. The number of hydrogen-bond donors (Lipinski definition) is 1. The van der Waals surface area contributed by atoms with Crippen LogP contribution >= 0.6 is 11.3 Å². The summed E-state index contributed by atoms with van der Waals surface area (Å²) < 4.78 is 1.90. The third-order valence-corrected chi connectivity index (χ3v) is 4.23. The molecule has 0 aliphatic rings. The van der Waals surface area contributed by atoms with Crippen molar-refractivity contribution in [3.63, 3.8) is 0 Å². The molecule has 3 rings (SSSR count).